The zero-order chi connectivity index (χ0) is 14.0. The molecule has 0 bridgehead atoms. The Morgan fingerprint density at radius 3 is 2.53 bits per heavy atom. The molecule has 19 heavy (non-hydrogen) atoms. The van der Waals surface area contributed by atoms with E-state index in [9.17, 15) is 4.39 Å². The number of nitrogens with zero attached hydrogens (tertiary/aromatic N) is 1. The molecule has 2 aromatic carbocycles. The molecule has 0 atom stereocenters. The van der Waals surface area contributed by atoms with Crippen LogP contribution >= 0.6 is 0 Å². The number of aryl methyl sites for hydroxylation is 1. The average molecular weight is 260 g/mol. The standard InChI is InChI=1S/C15H17FN2O/c1-10-5-4-6-13(17)15(10)18(2)11-7-8-14(19-3)12(16)9-11/h4-9H,17H2,1-3H3. The van der Waals surface area contributed by atoms with Crippen molar-refractivity contribution in [2.75, 3.05) is 24.8 Å². The molecule has 0 aliphatic heterocycles. The lowest BCUT2D eigenvalue weighted by Crippen LogP contribution is -2.13. The number of halogens is 1. The normalized spacial score (nSPS) is 10.3. The van der Waals surface area contributed by atoms with Gasteiger partial charge in [-0.1, -0.05) is 12.1 Å². The van der Waals surface area contributed by atoms with Crippen LogP contribution in [0.15, 0.2) is 36.4 Å². The van der Waals surface area contributed by atoms with Gasteiger partial charge in [-0.15, -0.1) is 0 Å². The van der Waals surface area contributed by atoms with Crippen LogP contribution in [0.1, 0.15) is 5.56 Å². The van der Waals surface area contributed by atoms with E-state index in [1.807, 2.05) is 37.1 Å². The highest BCUT2D eigenvalue weighted by molar-refractivity contribution is 5.77. The monoisotopic (exact) mass is 260 g/mol. The number of hydrogen-bond acceptors (Lipinski definition) is 3. The third-order valence-electron chi connectivity index (χ3n) is 3.13. The van der Waals surface area contributed by atoms with Gasteiger partial charge in [0.1, 0.15) is 0 Å². The molecule has 0 amide bonds. The summed E-state index contributed by atoms with van der Waals surface area (Å²) in [6, 6.07) is 10.5. The summed E-state index contributed by atoms with van der Waals surface area (Å²) < 4.78 is 18.7. The topological polar surface area (TPSA) is 38.5 Å². The Morgan fingerprint density at radius 2 is 1.95 bits per heavy atom. The zero-order valence-corrected chi connectivity index (χ0v) is 11.3. The second-order valence-corrected chi connectivity index (χ2v) is 4.39. The van der Waals surface area contributed by atoms with Crippen molar-refractivity contribution in [3.8, 4) is 5.75 Å². The Balaban J connectivity index is 2.44. The number of nitrogen functional groups attached to an aromatic ring is 1. The van der Waals surface area contributed by atoms with E-state index < -0.39 is 0 Å². The molecule has 4 heteroatoms. The van der Waals surface area contributed by atoms with Crippen molar-refractivity contribution < 1.29 is 9.13 Å². The van der Waals surface area contributed by atoms with Gasteiger partial charge in [-0.05, 0) is 30.7 Å². The lowest BCUT2D eigenvalue weighted by Gasteiger charge is -2.23. The molecule has 0 spiro atoms. The predicted molar refractivity (Wildman–Crippen MR) is 76.6 cm³/mol. The molecule has 0 aromatic heterocycles. The maximum absolute atomic E-state index is 13.7. The van der Waals surface area contributed by atoms with E-state index in [0.29, 0.717) is 5.69 Å². The first kappa shape index (κ1) is 13.2. The van der Waals surface area contributed by atoms with Gasteiger partial charge in [-0.2, -0.15) is 0 Å². The molecule has 2 N–H and O–H groups in total. The van der Waals surface area contributed by atoms with E-state index in [-0.39, 0.29) is 11.6 Å². The number of ether oxygens (including phenoxy) is 1. The van der Waals surface area contributed by atoms with Crippen molar-refractivity contribution in [3.05, 3.63) is 47.8 Å². The minimum atomic E-state index is -0.390. The van der Waals surface area contributed by atoms with Gasteiger partial charge in [-0.3, -0.25) is 0 Å². The van der Waals surface area contributed by atoms with Crippen LogP contribution in [0, 0.1) is 12.7 Å². The van der Waals surface area contributed by atoms with E-state index >= 15 is 0 Å². The molecular weight excluding hydrogens is 243 g/mol. The Bertz CT molecular complexity index is 578. The molecule has 0 aliphatic rings. The van der Waals surface area contributed by atoms with Crippen LogP contribution in [0.4, 0.5) is 21.5 Å². The molecule has 0 aliphatic carbocycles. The quantitative estimate of drug-likeness (QED) is 0.858. The van der Waals surface area contributed by atoms with Gasteiger partial charge in [0.2, 0.25) is 0 Å². The largest absolute Gasteiger partial charge is 0.494 e. The summed E-state index contributed by atoms with van der Waals surface area (Å²) in [5.74, 6) is -0.158. The summed E-state index contributed by atoms with van der Waals surface area (Å²) in [7, 11) is 3.31. The van der Waals surface area contributed by atoms with Crippen LogP contribution < -0.4 is 15.4 Å². The number of hydrogen-bond donors (Lipinski definition) is 1. The van der Waals surface area contributed by atoms with Gasteiger partial charge < -0.3 is 15.4 Å². The number of methoxy groups -OCH3 is 1. The molecule has 0 heterocycles. The zero-order valence-electron chi connectivity index (χ0n) is 11.3. The first-order valence-corrected chi connectivity index (χ1v) is 5.97. The predicted octanol–water partition coefficient (Wildman–Crippen LogP) is 3.49. The van der Waals surface area contributed by atoms with E-state index in [0.717, 1.165) is 16.9 Å². The number of nitrogens with two attached hydrogens (primary N) is 1. The van der Waals surface area contributed by atoms with Crippen molar-refractivity contribution in [1.29, 1.82) is 0 Å². The Hall–Kier alpha value is -2.23. The second kappa shape index (κ2) is 5.18. The van der Waals surface area contributed by atoms with Gasteiger partial charge in [0.15, 0.2) is 11.6 Å². The van der Waals surface area contributed by atoms with Crippen molar-refractivity contribution in [2.24, 2.45) is 0 Å². The second-order valence-electron chi connectivity index (χ2n) is 4.39. The van der Waals surface area contributed by atoms with E-state index in [1.165, 1.54) is 13.2 Å². The summed E-state index contributed by atoms with van der Waals surface area (Å²) in [6.07, 6.45) is 0. The molecule has 0 saturated carbocycles. The average Bonchev–Trinajstić information content (AvgIpc) is 2.38. The van der Waals surface area contributed by atoms with E-state index in [4.69, 9.17) is 10.5 Å². The van der Waals surface area contributed by atoms with Gasteiger partial charge in [-0.25, -0.2) is 4.39 Å². The molecule has 3 nitrogen and oxygen atoms in total. The van der Waals surface area contributed by atoms with Crippen LogP contribution in [0.2, 0.25) is 0 Å². The molecule has 0 saturated heterocycles. The molecule has 0 fully saturated rings. The Kier molecular flexibility index (Phi) is 3.60. The smallest absolute Gasteiger partial charge is 0.167 e. The number of rotatable bonds is 3. The molecule has 0 unspecified atom stereocenters. The first-order chi connectivity index (χ1) is 9.04. The summed E-state index contributed by atoms with van der Waals surface area (Å²) in [5.41, 5.74) is 9.30. The SMILES string of the molecule is COc1ccc(N(C)c2c(C)cccc2N)cc1F. The maximum Gasteiger partial charge on any atom is 0.167 e. The van der Waals surface area contributed by atoms with Gasteiger partial charge in [0, 0.05) is 18.8 Å². The van der Waals surface area contributed by atoms with Gasteiger partial charge in [0.25, 0.3) is 0 Å². The van der Waals surface area contributed by atoms with Crippen LogP contribution in [-0.2, 0) is 0 Å². The molecule has 100 valence electrons. The lowest BCUT2D eigenvalue weighted by molar-refractivity contribution is 0.386. The van der Waals surface area contributed by atoms with Crippen LogP contribution in [0.5, 0.6) is 5.75 Å². The Labute approximate surface area is 112 Å². The van der Waals surface area contributed by atoms with Crippen molar-refractivity contribution in [3.63, 3.8) is 0 Å². The minimum absolute atomic E-state index is 0.231. The fourth-order valence-electron chi connectivity index (χ4n) is 2.13. The number of benzene rings is 2. The van der Waals surface area contributed by atoms with Crippen LogP contribution in [-0.4, -0.2) is 14.2 Å². The third-order valence-corrected chi connectivity index (χ3v) is 3.13. The van der Waals surface area contributed by atoms with Crippen molar-refractivity contribution in [1.82, 2.24) is 0 Å². The van der Waals surface area contributed by atoms with Crippen LogP contribution in [0.3, 0.4) is 0 Å². The van der Waals surface area contributed by atoms with Gasteiger partial charge in [0.05, 0.1) is 18.5 Å². The first-order valence-electron chi connectivity index (χ1n) is 5.97. The van der Waals surface area contributed by atoms with E-state index in [2.05, 4.69) is 0 Å². The fourth-order valence-corrected chi connectivity index (χ4v) is 2.13. The molecular formula is C15H17FN2O. The summed E-state index contributed by atoms with van der Waals surface area (Å²) in [5, 5.41) is 0. The molecule has 2 aromatic rings. The summed E-state index contributed by atoms with van der Waals surface area (Å²) in [4.78, 5) is 1.87. The summed E-state index contributed by atoms with van der Waals surface area (Å²) >= 11 is 0. The Morgan fingerprint density at radius 1 is 1.21 bits per heavy atom. The number of anilines is 3. The van der Waals surface area contributed by atoms with Gasteiger partial charge >= 0.3 is 0 Å². The van der Waals surface area contributed by atoms with Crippen molar-refractivity contribution >= 4 is 17.1 Å². The summed E-state index contributed by atoms with van der Waals surface area (Å²) in [6.45, 7) is 1.97. The fraction of sp³-hybridized carbons (Fsp3) is 0.200. The minimum Gasteiger partial charge on any atom is -0.494 e. The molecule has 2 rings (SSSR count). The molecule has 0 radical (unpaired) electrons. The van der Waals surface area contributed by atoms with Crippen molar-refractivity contribution in [2.45, 2.75) is 6.92 Å². The number of para-hydroxylation sites is 1. The highest BCUT2D eigenvalue weighted by Gasteiger charge is 2.12. The maximum atomic E-state index is 13.7. The highest BCUT2D eigenvalue weighted by Crippen LogP contribution is 2.33. The third kappa shape index (κ3) is 2.47. The van der Waals surface area contributed by atoms with E-state index in [1.54, 1.807) is 12.1 Å². The van der Waals surface area contributed by atoms with Crippen LogP contribution in [0.25, 0.3) is 0 Å². The lowest BCUT2D eigenvalue weighted by atomic mass is 10.1. The highest BCUT2D eigenvalue weighted by atomic mass is 19.1.